The van der Waals surface area contributed by atoms with Gasteiger partial charge in [-0.15, -0.1) is 0 Å². The zero-order valence-electron chi connectivity index (χ0n) is 7.43. The summed E-state index contributed by atoms with van der Waals surface area (Å²) in [5.74, 6) is -0.104. The van der Waals surface area contributed by atoms with E-state index in [0.29, 0.717) is 12.0 Å². The van der Waals surface area contributed by atoms with Crippen molar-refractivity contribution in [3.05, 3.63) is 34.1 Å². The smallest absolute Gasteiger partial charge is 0.126 e. The van der Waals surface area contributed by atoms with E-state index in [1.54, 1.807) is 12.1 Å². The molecule has 1 atom stereocenters. The fourth-order valence-electron chi connectivity index (χ4n) is 1.14. The molecule has 0 aliphatic carbocycles. The summed E-state index contributed by atoms with van der Waals surface area (Å²) in [4.78, 5) is 0. The van der Waals surface area contributed by atoms with Gasteiger partial charge >= 0.3 is 0 Å². The van der Waals surface area contributed by atoms with Crippen LogP contribution in [0.15, 0.2) is 22.7 Å². The minimum Gasteiger partial charge on any atom is -0.396 e. The van der Waals surface area contributed by atoms with E-state index in [0.717, 1.165) is 4.47 Å². The molecule has 0 amide bonds. The lowest BCUT2D eigenvalue weighted by atomic mass is 10.0. The molecule has 1 N–H and O–H groups in total. The lowest BCUT2D eigenvalue weighted by molar-refractivity contribution is 0.236. The van der Waals surface area contributed by atoms with Crippen molar-refractivity contribution in [1.29, 1.82) is 0 Å². The van der Waals surface area contributed by atoms with Crippen LogP contribution in [-0.4, -0.2) is 11.7 Å². The van der Waals surface area contributed by atoms with Gasteiger partial charge in [-0.1, -0.05) is 22.9 Å². The third-order valence-corrected chi connectivity index (χ3v) is 2.38. The monoisotopic (exact) mass is 246 g/mol. The van der Waals surface area contributed by atoms with Gasteiger partial charge < -0.3 is 5.11 Å². The molecule has 1 aromatic carbocycles. The van der Waals surface area contributed by atoms with Crippen LogP contribution in [0.4, 0.5) is 4.39 Å². The fourth-order valence-corrected chi connectivity index (χ4v) is 1.55. The van der Waals surface area contributed by atoms with Crippen molar-refractivity contribution in [2.45, 2.75) is 13.3 Å². The molecular formula is C10H12BrFO. The molecule has 0 aromatic heterocycles. The number of halogens is 2. The Bertz CT molecular complexity index is 288. The number of benzene rings is 1. The zero-order valence-corrected chi connectivity index (χ0v) is 9.01. The standard InChI is InChI=1S/C10H12BrFO/c1-7(6-13)4-8-5-9(11)2-3-10(8)12/h2-3,5,7,13H,4,6H2,1H3. The summed E-state index contributed by atoms with van der Waals surface area (Å²) in [6.45, 7) is 1.98. The molecule has 3 heteroatoms. The highest BCUT2D eigenvalue weighted by Gasteiger charge is 2.07. The van der Waals surface area contributed by atoms with Crippen LogP contribution in [0, 0.1) is 11.7 Å². The first-order valence-electron chi connectivity index (χ1n) is 4.18. The normalized spacial score (nSPS) is 12.9. The van der Waals surface area contributed by atoms with Gasteiger partial charge in [-0.25, -0.2) is 4.39 Å². The molecule has 1 aromatic rings. The van der Waals surface area contributed by atoms with Crippen LogP contribution in [0.25, 0.3) is 0 Å². The van der Waals surface area contributed by atoms with Crippen LogP contribution in [0.5, 0.6) is 0 Å². The molecule has 72 valence electrons. The quantitative estimate of drug-likeness (QED) is 0.870. The lowest BCUT2D eigenvalue weighted by Crippen LogP contribution is -2.06. The van der Waals surface area contributed by atoms with E-state index >= 15 is 0 Å². The van der Waals surface area contributed by atoms with E-state index in [2.05, 4.69) is 15.9 Å². The zero-order chi connectivity index (χ0) is 9.84. The molecule has 0 aliphatic heterocycles. The van der Waals surface area contributed by atoms with Crippen molar-refractivity contribution in [3.8, 4) is 0 Å². The van der Waals surface area contributed by atoms with Gasteiger partial charge in [-0.05, 0) is 36.1 Å². The van der Waals surface area contributed by atoms with Crippen LogP contribution >= 0.6 is 15.9 Å². The Morgan fingerprint density at radius 2 is 2.23 bits per heavy atom. The highest BCUT2D eigenvalue weighted by Crippen LogP contribution is 2.18. The molecule has 1 unspecified atom stereocenters. The predicted octanol–water partition coefficient (Wildman–Crippen LogP) is 2.76. The Kier molecular flexibility index (Phi) is 3.88. The number of hydrogen-bond acceptors (Lipinski definition) is 1. The first-order valence-corrected chi connectivity index (χ1v) is 4.97. The second-order valence-electron chi connectivity index (χ2n) is 3.23. The lowest BCUT2D eigenvalue weighted by Gasteiger charge is -2.08. The highest BCUT2D eigenvalue weighted by molar-refractivity contribution is 9.10. The van der Waals surface area contributed by atoms with E-state index < -0.39 is 0 Å². The van der Waals surface area contributed by atoms with Gasteiger partial charge in [0.15, 0.2) is 0 Å². The molecule has 0 bridgehead atoms. The Morgan fingerprint density at radius 1 is 1.54 bits per heavy atom. The molecule has 0 heterocycles. The van der Waals surface area contributed by atoms with Crippen molar-refractivity contribution in [1.82, 2.24) is 0 Å². The highest BCUT2D eigenvalue weighted by atomic mass is 79.9. The number of hydrogen-bond donors (Lipinski definition) is 1. The maximum absolute atomic E-state index is 13.2. The largest absolute Gasteiger partial charge is 0.396 e. The van der Waals surface area contributed by atoms with Crippen LogP contribution in [0.2, 0.25) is 0 Å². The summed E-state index contributed by atoms with van der Waals surface area (Å²) in [6, 6.07) is 4.85. The second-order valence-corrected chi connectivity index (χ2v) is 4.14. The minimum atomic E-state index is -0.205. The van der Waals surface area contributed by atoms with E-state index in [1.165, 1.54) is 6.07 Å². The summed E-state index contributed by atoms with van der Waals surface area (Å²) in [6.07, 6.45) is 0.571. The Balaban J connectivity index is 2.81. The fraction of sp³-hybridized carbons (Fsp3) is 0.400. The van der Waals surface area contributed by atoms with Gasteiger partial charge in [0.2, 0.25) is 0 Å². The average Bonchev–Trinajstić information content (AvgIpc) is 2.11. The molecule has 1 nitrogen and oxygen atoms in total. The third kappa shape index (κ3) is 3.08. The van der Waals surface area contributed by atoms with Gasteiger partial charge in [0.05, 0.1) is 0 Å². The van der Waals surface area contributed by atoms with Crippen molar-refractivity contribution in [2.75, 3.05) is 6.61 Å². The van der Waals surface area contributed by atoms with Crippen molar-refractivity contribution >= 4 is 15.9 Å². The molecule has 0 fully saturated rings. The molecule has 13 heavy (non-hydrogen) atoms. The molecular weight excluding hydrogens is 235 g/mol. The van der Waals surface area contributed by atoms with Crippen LogP contribution < -0.4 is 0 Å². The van der Waals surface area contributed by atoms with Crippen molar-refractivity contribution in [3.63, 3.8) is 0 Å². The van der Waals surface area contributed by atoms with Crippen LogP contribution in [0.1, 0.15) is 12.5 Å². The van der Waals surface area contributed by atoms with Gasteiger partial charge in [0, 0.05) is 11.1 Å². The van der Waals surface area contributed by atoms with Crippen LogP contribution in [0.3, 0.4) is 0 Å². The molecule has 0 radical (unpaired) electrons. The summed E-state index contributed by atoms with van der Waals surface area (Å²) in [5, 5.41) is 8.82. The Morgan fingerprint density at radius 3 is 2.85 bits per heavy atom. The van der Waals surface area contributed by atoms with E-state index in [4.69, 9.17) is 5.11 Å². The summed E-state index contributed by atoms with van der Waals surface area (Å²) in [5.41, 5.74) is 0.649. The van der Waals surface area contributed by atoms with Crippen molar-refractivity contribution < 1.29 is 9.50 Å². The summed E-state index contributed by atoms with van der Waals surface area (Å²) in [7, 11) is 0. The van der Waals surface area contributed by atoms with Crippen molar-refractivity contribution in [2.24, 2.45) is 5.92 Å². The van der Waals surface area contributed by atoms with Gasteiger partial charge in [0.1, 0.15) is 5.82 Å². The average molecular weight is 247 g/mol. The molecule has 0 saturated carbocycles. The van der Waals surface area contributed by atoms with E-state index in [-0.39, 0.29) is 18.3 Å². The minimum absolute atomic E-state index is 0.0892. The first-order chi connectivity index (χ1) is 6.13. The molecule has 0 spiro atoms. The van der Waals surface area contributed by atoms with Crippen LogP contribution in [-0.2, 0) is 6.42 Å². The third-order valence-electron chi connectivity index (χ3n) is 1.89. The topological polar surface area (TPSA) is 20.2 Å². The second kappa shape index (κ2) is 4.72. The van der Waals surface area contributed by atoms with Gasteiger partial charge in [-0.3, -0.25) is 0 Å². The predicted molar refractivity (Wildman–Crippen MR) is 54.1 cm³/mol. The molecule has 0 aliphatic rings. The van der Waals surface area contributed by atoms with E-state index in [1.807, 2.05) is 6.92 Å². The maximum atomic E-state index is 13.2. The molecule has 1 rings (SSSR count). The molecule has 0 saturated heterocycles. The summed E-state index contributed by atoms with van der Waals surface area (Å²) < 4.78 is 14.0. The number of aliphatic hydroxyl groups is 1. The number of aliphatic hydroxyl groups excluding tert-OH is 1. The summed E-state index contributed by atoms with van der Waals surface area (Å²) >= 11 is 3.28. The maximum Gasteiger partial charge on any atom is 0.126 e. The Labute approximate surface area is 85.7 Å². The first kappa shape index (κ1) is 10.7. The van der Waals surface area contributed by atoms with E-state index in [9.17, 15) is 4.39 Å². The van der Waals surface area contributed by atoms with Gasteiger partial charge in [-0.2, -0.15) is 0 Å². The SMILES string of the molecule is CC(CO)Cc1cc(Br)ccc1F. The number of rotatable bonds is 3. The van der Waals surface area contributed by atoms with Gasteiger partial charge in [0.25, 0.3) is 0 Å². The Hall–Kier alpha value is -0.410.